The van der Waals surface area contributed by atoms with Crippen molar-refractivity contribution in [1.29, 1.82) is 0 Å². The van der Waals surface area contributed by atoms with E-state index in [2.05, 4.69) is 232 Å². The summed E-state index contributed by atoms with van der Waals surface area (Å²) in [6.45, 7) is 0. The number of aromatic nitrogens is 2. The van der Waals surface area contributed by atoms with Crippen molar-refractivity contribution in [1.82, 2.24) is 8.97 Å². The third kappa shape index (κ3) is 5.17. The van der Waals surface area contributed by atoms with Crippen LogP contribution in [0.5, 0.6) is 0 Å². The Kier molecular flexibility index (Phi) is 7.48. The molecule has 1 aliphatic rings. The van der Waals surface area contributed by atoms with Gasteiger partial charge in [0, 0.05) is 66.2 Å². The van der Waals surface area contributed by atoms with Crippen molar-refractivity contribution in [3.8, 4) is 22.3 Å². The normalized spacial score (nSPS) is 14.4. The summed E-state index contributed by atoms with van der Waals surface area (Å²) in [7, 11) is 0. The van der Waals surface area contributed by atoms with Crippen molar-refractivity contribution in [3.63, 3.8) is 0 Å². The van der Waals surface area contributed by atoms with Crippen LogP contribution in [-0.2, 0) is 0 Å². The Morgan fingerprint density at radius 3 is 1.55 bits per heavy atom. The van der Waals surface area contributed by atoms with Crippen LogP contribution in [0.4, 0.5) is 11.4 Å². The molecule has 4 aromatic heterocycles. The van der Waals surface area contributed by atoms with Gasteiger partial charge in [0.05, 0.1) is 33.6 Å². The predicted octanol–water partition coefficient (Wildman–Crippen LogP) is 16.2. The number of hydrogen-bond acceptors (Lipinski definition) is 2. The Bertz CT molecular complexity index is 3910. The molecule has 1 atom stereocenters. The van der Waals surface area contributed by atoms with Crippen LogP contribution in [0.3, 0.4) is 0 Å². The highest BCUT2D eigenvalue weighted by atomic mass is 16.3. The second-order valence-electron chi connectivity index (χ2n) is 17.2. The molecule has 0 aliphatic heterocycles. The summed E-state index contributed by atoms with van der Waals surface area (Å²) in [6.07, 6.45) is 7.91. The molecule has 0 radical (unpaired) electrons. The molecule has 0 saturated heterocycles. The molecule has 64 heavy (non-hydrogen) atoms. The van der Waals surface area contributed by atoms with Crippen LogP contribution in [0.15, 0.2) is 223 Å². The van der Waals surface area contributed by atoms with Crippen LogP contribution in [0.25, 0.3) is 110 Å². The topological polar surface area (TPSA) is 25.7 Å². The SMILES string of the molecule is C1=CC(N(c2ccc(-c3ccccc3)cc2)c2ccc3c(c2)oc2cc(-c4cc5c6ccccc6n6c7ccccc7c(c4)c56)ccc23)CC=C1n1c2ccccc2c2ccccc21. The Hall–Kier alpha value is -8.34. The summed E-state index contributed by atoms with van der Waals surface area (Å²) < 4.78 is 11.7. The first-order valence-electron chi connectivity index (χ1n) is 22.2. The number of allylic oxidation sites excluding steroid dienone is 2. The highest BCUT2D eigenvalue weighted by Gasteiger charge is 2.24. The van der Waals surface area contributed by atoms with E-state index in [4.69, 9.17) is 4.42 Å². The molecule has 0 fully saturated rings. The first kappa shape index (κ1) is 35.3. The minimum Gasteiger partial charge on any atom is -0.456 e. The maximum atomic E-state index is 6.86. The van der Waals surface area contributed by atoms with E-state index in [-0.39, 0.29) is 6.04 Å². The number of anilines is 2. The van der Waals surface area contributed by atoms with Crippen LogP contribution < -0.4 is 4.90 Å². The molecular formula is C60H39N3O. The third-order valence-electron chi connectivity index (χ3n) is 13.8. The summed E-state index contributed by atoms with van der Waals surface area (Å²) in [5.41, 5.74) is 16.1. The van der Waals surface area contributed by atoms with Crippen molar-refractivity contribution in [2.45, 2.75) is 12.5 Å². The number of para-hydroxylation sites is 4. The molecule has 13 aromatic rings. The maximum absolute atomic E-state index is 6.86. The molecule has 0 spiro atoms. The quantitative estimate of drug-likeness (QED) is 0.167. The molecule has 0 N–H and O–H groups in total. The highest BCUT2D eigenvalue weighted by Crippen LogP contribution is 2.44. The molecule has 1 aliphatic carbocycles. The summed E-state index contributed by atoms with van der Waals surface area (Å²) in [5, 5.41) is 9.89. The number of fused-ring (bicyclic) bond motifs is 12. The van der Waals surface area contributed by atoms with Gasteiger partial charge >= 0.3 is 0 Å². The fourth-order valence-electron chi connectivity index (χ4n) is 10.8. The Labute approximate surface area is 368 Å². The van der Waals surface area contributed by atoms with Crippen molar-refractivity contribution >= 4 is 98.9 Å². The Balaban J connectivity index is 0.870. The molecule has 0 bridgehead atoms. The van der Waals surface area contributed by atoms with E-state index < -0.39 is 0 Å². The van der Waals surface area contributed by atoms with Crippen LogP contribution in [0.1, 0.15) is 6.42 Å². The van der Waals surface area contributed by atoms with Gasteiger partial charge in [0.2, 0.25) is 0 Å². The summed E-state index contributed by atoms with van der Waals surface area (Å²) in [6, 6.07) is 72.9. The van der Waals surface area contributed by atoms with E-state index in [1.54, 1.807) is 0 Å². The molecule has 0 saturated carbocycles. The van der Waals surface area contributed by atoms with Crippen LogP contribution in [-0.4, -0.2) is 15.0 Å². The van der Waals surface area contributed by atoms with E-state index in [1.807, 2.05) is 0 Å². The minimum absolute atomic E-state index is 0.0793. The van der Waals surface area contributed by atoms with Gasteiger partial charge in [-0.25, -0.2) is 0 Å². The van der Waals surface area contributed by atoms with Crippen molar-refractivity contribution in [3.05, 3.63) is 218 Å². The van der Waals surface area contributed by atoms with Gasteiger partial charge < -0.3 is 18.3 Å². The second-order valence-corrected chi connectivity index (χ2v) is 17.2. The van der Waals surface area contributed by atoms with Crippen molar-refractivity contribution < 1.29 is 4.42 Å². The molecule has 9 aromatic carbocycles. The van der Waals surface area contributed by atoms with Crippen LogP contribution in [0, 0.1) is 0 Å². The highest BCUT2D eigenvalue weighted by molar-refractivity contribution is 6.24. The zero-order valence-electron chi connectivity index (χ0n) is 34.8. The van der Waals surface area contributed by atoms with Gasteiger partial charge in [-0.3, -0.25) is 0 Å². The standard InChI is InChI=1S/C60H39N3O/c1-2-12-38(13-3-1)39-22-25-42(26-23-39)61(43-27-29-44(30-28-43)62-54-18-8-4-14-46(54)47-15-5-9-19-55(47)62)45-31-33-51-50-32-24-40(36-58(50)64-59(51)37-45)41-34-52-48-16-6-10-20-56(48)63-57-21-11-7-17-49(57)53(35-41)60(52)63/h1-27,29-37,43H,28H2. The van der Waals surface area contributed by atoms with Crippen LogP contribution in [0.2, 0.25) is 0 Å². The van der Waals surface area contributed by atoms with E-state index >= 15 is 0 Å². The average molecular weight is 818 g/mol. The van der Waals surface area contributed by atoms with Gasteiger partial charge in [0.1, 0.15) is 11.2 Å². The molecule has 0 amide bonds. The van der Waals surface area contributed by atoms with Gasteiger partial charge in [-0.15, -0.1) is 0 Å². The molecule has 4 nitrogen and oxygen atoms in total. The van der Waals surface area contributed by atoms with E-state index in [0.717, 1.165) is 45.3 Å². The summed E-state index contributed by atoms with van der Waals surface area (Å²) >= 11 is 0. The molecular weight excluding hydrogens is 779 g/mol. The summed E-state index contributed by atoms with van der Waals surface area (Å²) in [4.78, 5) is 2.47. The van der Waals surface area contributed by atoms with Gasteiger partial charge in [-0.2, -0.15) is 0 Å². The van der Waals surface area contributed by atoms with E-state index in [1.165, 1.54) is 82.3 Å². The average Bonchev–Trinajstić information content (AvgIpc) is 4.10. The van der Waals surface area contributed by atoms with Gasteiger partial charge in [0.15, 0.2) is 0 Å². The molecule has 4 heterocycles. The molecule has 14 rings (SSSR count). The number of hydrogen-bond donors (Lipinski definition) is 0. The molecule has 300 valence electrons. The lowest BCUT2D eigenvalue weighted by Crippen LogP contribution is -2.30. The lowest BCUT2D eigenvalue weighted by atomic mass is 9.98. The zero-order chi connectivity index (χ0) is 41.9. The number of nitrogens with zero attached hydrogens (tertiary/aromatic N) is 3. The molecule has 1 unspecified atom stereocenters. The maximum Gasteiger partial charge on any atom is 0.137 e. The van der Waals surface area contributed by atoms with E-state index in [9.17, 15) is 0 Å². The predicted molar refractivity (Wildman–Crippen MR) is 269 cm³/mol. The lowest BCUT2D eigenvalue weighted by molar-refractivity contribution is 0.668. The van der Waals surface area contributed by atoms with Gasteiger partial charge in [-0.1, -0.05) is 133 Å². The largest absolute Gasteiger partial charge is 0.456 e. The van der Waals surface area contributed by atoms with E-state index in [0.29, 0.717) is 0 Å². The Morgan fingerprint density at radius 2 is 0.922 bits per heavy atom. The minimum atomic E-state index is 0.0793. The monoisotopic (exact) mass is 817 g/mol. The number of rotatable bonds is 6. The fourth-order valence-corrected chi connectivity index (χ4v) is 10.8. The lowest BCUT2D eigenvalue weighted by Gasteiger charge is -2.33. The van der Waals surface area contributed by atoms with Gasteiger partial charge in [0.25, 0.3) is 0 Å². The first-order valence-corrected chi connectivity index (χ1v) is 22.2. The fraction of sp³-hybridized carbons (Fsp3) is 0.0333. The number of benzene rings is 9. The van der Waals surface area contributed by atoms with Crippen LogP contribution >= 0.6 is 0 Å². The van der Waals surface area contributed by atoms with Gasteiger partial charge in [-0.05, 0) is 108 Å². The first-order chi connectivity index (χ1) is 31.7. The molecule has 4 heteroatoms. The summed E-state index contributed by atoms with van der Waals surface area (Å²) in [5.74, 6) is 0. The number of furan rings is 1. The second kappa shape index (κ2) is 13.6. The van der Waals surface area contributed by atoms with Crippen molar-refractivity contribution in [2.75, 3.05) is 4.90 Å². The Morgan fingerprint density at radius 1 is 0.406 bits per heavy atom. The third-order valence-corrected chi connectivity index (χ3v) is 13.8. The van der Waals surface area contributed by atoms with Crippen molar-refractivity contribution in [2.24, 2.45) is 0 Å². The zero-order valence-corrected chi connectivity index (χ0v) is 34.8. The smallest absolute Gasteiger partial charge is 0.137 e.